The first kappa shape index (κ1) is 15.2. The summed E-state index contributed by atoms with van der Waals surface area (Å²) in [5.41, 5.74) is 0.291. The van der Waals surface area contributed by atoms with Crippen LogP contribution in [0.4, 0.5) is 5.69 Å². The molecule has 114 valence electrons. The maximum Gasteiger partial charge on any atom is 0.310 e. The molecule has 0 aromatic heterocycles. The van der Waals surface area contributed by atoms with Gasteiger partial charge in [0.2, 0.25) is 0 Å². The monoisotopic (exact) mass is 294 g/mol. The number of nitrogens with zero attached hydrogens (tertiary/aromatic N) is 2. The first-order valence-corrected chi connectivity index (χ1v) is 6.90. The summed E-state index contributed by atoms with van der Waals surface area (Å²) < 4.78 is 5.31. The average Bonchev–Trinajstić information content (AvgIpc) is 2.52. The third-order valence-corrected chi connectivity index (χ3v) is 3.46. The molecule has 0 bridgehead atoms. The van der Waals surface area contributed by atoms with Crippen molar-refractivity contribution in [1.82, 2.24) is 4.90 Å². The maximum absolute atomic E-state index is 12.0. The normalized spacial score (nSPS) is 14.8. The van der Waals surface area contributed by atoms with Crippen LogP contribution in [0.3, 0.4) is 0 Å². The average molecular weight is 294 g/mol. The van der Waals surface area contributed by atoms with Gasteiger partial charge in [-0.3, -0.25) is 14.9 Å². The van der Waals surface area contributed by atoms with Crippen molar-refractivity contribution in [2.24, 2.45) is 0 Å². The van der Waals surface area contributed by atoms with Gasteiger partial charge in [-0.05, 0) is 37.0 Å². The van der Waals surface area contributed by atoms with Crippen LogP contribution in [0.25, 0.3) is 0 Å². The van der Waals surface area contributed by atoms with Crippen LogP contribution in [0.2, 0.25) is 0 Å². The summed E-state index contributed by atoms with van der Waals surface area (Å²) in [4.78, 5) is 24.1. The number of aliphatic hydroxyl groups is 1. The molecule has 7 nitrogen and oxygen atoms in total. The summed E-state index contributed by atoms with van der Waals surface area (Å²) >= 11 is 0. The lowest BCUT2D eigenvalue weighted by atomic mass is 10.1. The first-order valence-electron chi connectivity index (χ1n) is 6.90. The number of piperidine rings is 1. The molecule has 0 unspecified atom stereocenters. The molecule has 1 aromatic carbocycles. The number of likely N-dealkylation sites (tertiary alicyclic amines) is 1. The van der Waals surface area contributed by atoms with Crippen LogP contribution in [0.15, 0.2) is 18.2 Å². The number of nitro benzene ring substituents is 1. The van der Waals surface area contributed by atoms with Crippen molar-refractivity contribution >= 4 is 11.6 Å². The third kappa shape index (κ3) is 3.91. The SMILES string of the molecule is O=C(COc1cc(CO)ccc1[N+](=O)[O-])N1CCCCC1. The van der Waals surface area contributed by atoms with Crippen molar-refractivity contribution in [3.05, 3.63) is 33.9 Å². The van der Waals surface area contributed by atoms with Crippen molar-refractivity contribution in [2.45, 2.75) is 25.9 Å². The van der Waals surface area contributed by atoms with Crippen molar-refractivity contribution in [2.75, 3.05) is 19.7 Å². The number of rotatable bonds is 5. The smallest absolute Gasteiger partial charge is 0.310 e. The molecule has 0 atom stereocenters. The Labute approximate surface area is 122 Å². The van der Waals surface area contributed by atoms with Gasteiger partial charge >= 0.3 is 5.69 Å². The minimum atomic E-state index is -0.568. The molecule has 1 aliphatic rings. The minimum Gasteiger partial charge on any atom is -0.477 e. The van der Waals surface area contributed by atoms with E-state index < -0.39 is 4.92 Å². The first-order chi connectivity index (χ1) is 10.1. The molecular weight excluding hydrogens is 276 g/mol. The zero-order valence-electron chi connectivity index (χ0n) is 11.7. The zero-order chi connectivity index (χ0) is 15.2. The lowest BCUT2D eigenvalue weighted by molar-refractivity contribution is -0.385. The topological polar surface area (TPSA) is 92.9 Å². The second kappa shape index (κ2) is 7.03. The van der Waals surface area contributed by atoms with Crippen LogP contribution >= 0.6 is 0 Å². The number of carbonyl (C=O) groups is 1. The second-order valence-electron chi connectivity index (χ2n) is 4.95. The van der Waals surface area contributed by atoms with E-state index in [4.69, 9.17) is 9.84 Å². The standard InChI is InChI=1S/C14H18N2O5/c17-9-11-4-5-12(16(19)20)13(8-11)21-10-14(18)15-6-2-1-3-7-15/h4-5,8,17H,1-3,6-7,9-10H2. The number of hydrogen-bond donors (Lipinski definition) is 1. The van der Waals surface area contributed by atoms with Gasteiger partial charge in [0.15, 0.2) is 12.4 Å². The molecule has 1 amide bonds. The number of aliphatic hydroxyl groups excluding tert-OH is 1. The molecule has 1 aliphatic heterocycles. The van der Waals surface area contributed by atoms with Crippen LogP contribution < -0.4 is 4.74 Å². The number of amides is 1. The summed E-state index contributed by atoms with van der Waals surface area (Å²) in [5, 5.41) is 20.0. The van der Waals surface area contributed by atoms with Crippen molar-refractivity contribution in [1.29, 1.82) is 0 Å². The van der Waals surface area contributed by atoms with Gasteiger partial charge in [-0.15, -0.1) is 0 Å². The summed E-state index contributed by atoms with van der Waals surface area (Å²) in [6.07, 6.45) is 3.08. The Hall–Kier alpha value is -2.15. The molecule has 1 fully saturated rings. The molecule has 1 N–H and O–H groups in total. The Bertz CT molecular complexity index is 526. The van der Waals surface area contributed by atoms with E-state index in [1.54, 1.807) is 4.90 Å². The molecule has 1 saturated heterocycles. The fourth-order valence-corrected chi connectivity index (χ4v) is 2.30. The molecular formula is C14H18N2O5. The number of benzene rings is 1. The Morgan fingerprint density at radius 2 is 2.05 bits per heavy atom. The van der Waals surface area contributed by atoms with E-state index >= 15 is 0 Å². The lowest BCUT2D eigenvalue weighted by Crippen LogP contribution is -2.38. The molecule has 1 aromatic rings. The maximum atomic E-state index is 12.0. The molecule has 2 rings (SSSR count). The van der Waals surface area contributed by atoms with E-state index in [1.807, 2.05) is 0 Å². The third-order valence-electron chi connectivity index (χ3n) is 3.46. The van der Waals surface area contributed by atoms with Crippen LogP contribution in [0.1, 0.15) is 24.8 Å². The predicted molar refractivity (Wildman–Crippen MR) is 74.9 cm³/mol. The quantitative estimate of drug-likeness (QED) is 0.656. The van der Waals surface area contributed by atoms with E-state index in [-0.39, 0.29) is 30.6 Å². The van der Waals surface area contributed by atoms with Gasteiger partial charge < -0.3 is 14.7 Å². The van der Waals surface area contributed by atoms with Gasteiger partial charge in [0, 0.05) is 19.2 Å². The summed E-state index contributed by atoms with van der Waals surface area (Å²) in [6.45, 7) is 0.950. The molecule has 0 saturated carbocycles. The van der Waals surface area contributed by atoms with Crippen LogP contribution in [-0.4, -0.2) is 40.5 Å². The molecule has 21 heavy (non-hydrogen) atoms. The number of carbonyl (C=O) groups excluding carboxylic acids is 1. The highest BCUT2D eigenvalue weighted by Gasteiger charge is 2.20. The molecule has 0 radical (unpaired) electrons. The highest BCUT2D eigenvalue weighted by molar-refractivity contribution is 5.78. The molecule has 1 heterocycles. The highest BCUT2D eigenvalue weighted by atomic mass is 16.6. The van der Waals surface area contributed by atoms with Crippen molar-refractivity contribution < 1.29 is 19.6 Å². The van der Waals surface area contributed by atoms with Crippen LogP contribution in [0.5, 0.6) is 5.75 Å². The summed E-state index contributed by atoms with van der Waals surface area (Å²) in [5.74, 6) is -0.157. The van der Waals surface area contributed by atoms with Gasteiger partial charge in [-0.2, -0.15) is 0 Å². The molecule has 0 spiro atoms. The van der Waals surface area contributed by atoms with Crippen molar-refractivity contribution in [3.8, 4) is 5.75 Å². The summed E-state index contributed by atoms with van der Waals surface area (Å²) in [7, 11) is 0. The Kier molecular flexibility index (Phi) is 5.10. The van der Waals surface area contributed by atoms with Gasteiger partial charge in [-0.1, -0.05) is 0 Å². The Morgan fingerprint density at radius 1 is 1.33 bits per heavy atom. The number of nitro groups is 1. The van der Waals surface area contributed by atoms with E-state index in [1.165, 1.54) is 18.2 Å². The van der Waals surface area contributed by atoms with Crippen LogP contribution in [0, 0.1) is 10.1 Å². The largest absolute Gasteiger partial charge is 0.477 e. The van der Waals surface area contributed by atoms with E-state index in [9.17, 15) is 14.9 Å². The van der Waals surface area contributed by atoms with E-state index in [0.717, 1.165) is 19.3 Å². The fourth-order valence-electron chi connectivity index (χ4n) is 2.30. The van der Waals surface area contributed by atoms with Gasteiger partial charge in [0.25, 0.3) is 5.91 Å². The Morgan fingerprint density at radius 3 is 2.67 bits per heavy atom. The van der Waals surface area contributed by atoms with Crippen LogP contribution in [-0.2, 0) is 11.4 Å². The van der Waals surface area contributed by atoms with E-state index in [2.05, 4.69) is 0 Å². The second-order valence-corrected chi connectivity index (χ2v) is 4.95. The zero-order valence-corrected chi connectivity index (χ0v) is 11.7. The molecule has 7 heteroatoms. The Balaban J connectivity index is 2.04. The predicted octanol–water partition coefficient (Wildman–Crippen LogP) is 1.48. The highest BCUT2D eigenvalue weighted by Crippen LogP contribution is 2.28. The fraction of sp³-hybridized carbons (Fsp3) is 0.500. The van der Waals surface area contributed by atoms with Gasteiger partial charge in [-0.25, -0.2) is 0 Å². The van der Waals surface area contributed by atoms with Crippen molar-refractivity contribution in [3.63, 3.8) is 0 Å². The number of hydrogen-bond acceptors (Lipinski definition) is 5. The lowest BCUT2D eigenvalue weighted by Gasteiger charge is -2.26. The minimum absolute atomic E-state index is 0.0110. The van der Waals surface area contributed by atoms with E-state index in [0.29, 0.717) is 18.7 Å². The summed E-state index contributed by atoms with van der Waals surface area (Å²) in [6, 6.07) is 4.12. The van der Waals surface area contributed by atoms with Gasteiger partial charge in [0.05, 0.1) is 11.5 Å². The number of ether oxygens (including phenoxy) is 1. The van der Waals surface area contributed by atoms with Gasteiger partial charge in [0.1, 0.15) is 0 Å². The molecule has 0 aliphatic carbocycles.